The van der Waals surface area contributed by atoms with Crippen molar-refractivity contribution >= 4 is 5.96 Å². The lowest BCUT2D eigenvalue weighted by molar-refractivity contribution is 0.712. The molecule has 0 saturated heterocycles. The average Bonchev–Trinajstić information content (AvgIpc) is 2.81. The van der Waals surface area contributed by atoms with E-state index in [0.29, 0.717) is 6.04 Å². The first-order valence-corrected chi connectivity index (χ1v) is 5.75. The molecule has 2 heterocycles. The van der Waals surface area contributed by atoms with E-state index in [2.05, 4.69) is 40.8 Å². The average molecular weight is 221 g/mol. The summed E-state index contributed by atoms with van der Waals surface area (Å²) in [5, 5.41) is 11.0. The minimum absolute atomic E-state index is 0.446. The smallest absolute Gasteiger partial charge is 0.191 e. The Hall–Kier alpha value is -1.52. The van der Waals surface area contributed by atoms with Crippen LogP contribution in [0.15, 0.2) is 11.2 Å². The van der Waals surface area contributed by atoms with Crippen LogP contribution in [0.3, 0.4) is 0 Å². The minimum Gasteiger partial charge on any atom is -0.352 e. The molecule has 0 aliphatic carbocycles. The van der Waals surface area contributed by atoms with E-state index in [0.717, 1.165) is 31.2 Å². The molecule has 1 aromatic heterocycles. The SMILES string of the molecule is CCc1nn(C)cc1CNC1=NCC(C)N1. The van der Waals surface area contributed by atoms with Crippen molar-refractivity contribution in [2.24, 2.45) is 12.0 Å². The Morgan fingerprint density at radius 1 is 1.62 bits per heavy atom. The van der Waals surface area contributed by atoms with Gasteiger partial charge in [-0.2, -0.15) is 5.10 Å². The molecule has 1 aliphatic heterocycles. The maximum absolute atomic E-state index is 4.41. The highest BCUT2D eigenvalue weighted by atomic mass is 15.3. The molecular weight excluding hydrogens is 202 g/mol. The second kappa shape index (κ2) is 4.55. The summed E-state index contributed by atoms with van der Waals surface area (Å²) in [6.45, 7) is 5.89. The van der Waals surface area contributed by atoms with Gasteiger partial charge in [0.15, 0.2) is 5.96 Å². The number of rotatable bonds is 3. The first-order chi connectivity index (χ1) is 7.69. The fourth-order valence-electron chi connectivity index (χ4n) is 1.87. The lowest BCUT2D eigenvalue weighted by atomic mass is 10.2. The van der Waals surface area contributed by atoms with E-state index in [-0.39, 0.29) is 0 Å². The fraction of sp³-hybridized carbons (Fsp3) is 0.636. The summed E-state index contributed by atoms with van der Waals surface area (Å²) in [7, 11) is 1.95. The Balaban J connectivity index is 1.94. The van der Waals surface area contributed by atoms with Crippen LogP contribution in [0.4, 0.5) is 0 Å². The van der Waals surface area contributed by atoms with Crippen molar-refractivity contribution in [2.45, 2.75) is 32.9 Å². The van der Waals surface area contributed by atoms with Crippen LogP contribution in [0.1, 0.15) is 25.1 Å². The summed E-state index contributed by atoms with van der Waals surface area (Å²) in [6.07, 6.45) is 3.03. The van der Waals surface area contributed by atoms with Crippen molar-refractivity contribution in [3.05, 3.63) is 17.5 Å². The van der Waals surface area contributed by atoms with Gasteiger partial charge >= 0.3 is 0 Å². The number of hydrogen-bond acceptors (Lipinski definition) is 4. The standard InChI is InChI=1S/C11H19N5/c1-4-10-9(7-16(3)15-10)6-13-11-12-5-8(2)14-11/h7-8H,4-6H2,1-3H3,(H2,12,13,14). The van der Waals surface area contributed by atoms with E-state index in [9.17, 15) is 0 Å². The fourth-order valence-corrected chi connectivity index (χ4v) is 1.87. The molecular formula is C11H19N5. The van der Waals surface area contributed by atoms with Gasteiger partial charge in [-0.3, -0.25) is 9.67 Å². The Morgan fingerprint density at radius 3 is 3.06 bits per heavy atom. The van der Waals surface area contributed by atoms with E-state index < -0.39 is 0 Å². The van der Waals surface area contributed by atoms with Gasteiger partial charge in [0.1, 0.15) is 0 Å². The topological polar surface area (TPSA) is 54.2 Å². The van der Waals surface area contributed by atoms with Crippen LogP contribution >= 0.6 is 0 Å². The van der Waals surface area contributed by atoms with Crippen molar-refractivity contribution in [1.82, 2.24) is 20.4 Å². The van der Waals surface area contributed by atoms with Gasteiger partial charge in [-0.1, -0.05) is 6.92 Å². The quantitative estimate of drug-likeness (QED) is 0.778. The van der Waals surface area contributed by atoms with Crippen LogP contribution in [0.25, 0.3) is 0 Å². The molecule has 0 radical (unpaired) electrons. The lowest BCUT2D eigenvalue weighted by Gasteiger charge is -2.08. The highest BCUT2D eigenvalue weighted by molar-refractivity contribution is 5.81. The first-order valence-electron chi connectivity index (χ1n) is 5.75. The Labute approximate surface area is 95.9 Å². The van der Waals surface area contributed by atoms with Crippen LogP contribution in [0.5, 0.6) is 0 Å². The van der Waals surface area contributed by atoms with Crippen molar-refractivity contribution in [1.29, 1.82) is 0 Å². The van der Waals surface area contributed by atoms with Crippen molar-refractivity contribution in [3.8, 4) is 0 Å². The Bertz CT molecular complexity index is 393. The number of aromatic nitrogens is 2. The summed E-state index contributed by atoms with van der Waals surface area (Å²) >= 11 is 0. The monoisotopic (exact) mass is 221 g/mol. The molecule has 5 nitrogen and oxygen atoms in total. The molecule has 0 spiro atoms. The van der Waals surface area contributed by atoms with E-state index in [4.69, 9.17) is 0 Å². The van der Waals surface area contributed by atoms with E-state index in [1.54, 1.807) is 0 Å². The normalized spacial score (nSPS) is 19.4. The maximum Gasteiger partial charge on any atom is 0.191 e. The van der Waals surface area contributed by atoms with Gasteiger partial charge in [-0.15, -0.1) is 0 Å². The van der Waals surface area contributed by atoms with Crippen molar-refractivity contribution in [2.75, 3.05) is 6.54 Å². The second-order valence-electron chi connectivity index (χ2n) is 4.22. The predicted octanol–water partition coefficient (Wildman–Crippen LogP) is 0.420. The zero-order valence-electron chi connectivity index (χ0n) is 10.1. The number of nitrogens with one attached hydrogen (secondary N) is 2. The lowest BCUT2D eigenvalue weighted by Crippen LogP contribution is -2.37. The first kappa shape index (κ1) is 11.0. The van der Waals surface area contributed by atoms with Gasteiger partial charge in [0.05, 0.1) is 12.2 Å². The molecule has 16 heavy (non-hydrogen) atoms. The molecule has 88 valence electrons. The van der Waals surface area contributed by atoms with Gasteiger partial charge in [0.2, 0.25) is 0 Å². The van der Waals surface area contributed by atoms with Crippen LogP contribution < -0.4 is 10.6 Å². The molecule has 0 amide bonds. The van der Waals surface area contributed by atoms with Crippen LogP contribution in [0, 0.1) is 0 Å². The highest BCUT2D eigenvalue weighted by Gasteiger charge is 2.12. The summed E-state index contributed by atoms with van der Waals surface area (Å²) in [5.74, 6) is 0.901. The molecule has 2 rings (SSSR count). The Kier molecular flexibility index (Phi) is 3.12. The third-order valence-electron chi connectivity index (χ3n) is 2.68. The summed E-state index contributed by atoms with van der Waals surface area (Å²) in [5.41, 5.74) is 2.40. The van der Waals surface area contributed by atoms with Crippen LogP contribution in [-0.4, -0.2) is 28.3 Å². The molecule has 5 heteroatoms. The summed E-state index contributed by atoms with van der Waals surface area (Å²) in [6, 6.07) is 0.446. The van der Waals surface area contributed by atoms with Crippen LogP contribution in [0.2, 0.25) is 0 Å². The van der Waals surface area contributed by atoms with Gasteiger partial charge in [-0.05, 0) is 13.3 Å². The zero-order chi connectivity index (χ0) is 11.5. The third kappa shape index (κ3) is 2.35. The minimum atomic E-state index is 0.446. The molecule has 0 saturated carbocycles. The number of nitrogens with zero attached hydrogens (tertiary/aromatic N) is 3. The largest absolute Gasteiger partial charge is 0.352 e. The molecule has 1 aliphatic rings. The molecule has 1 unspecified atom stereocenters. The molecule has 0 fully saturated rings. The molecule has 2 N–H and O–H groups in total. The molecule has 0 bridgehead atoms. The molecule has 1 atom stereocenters. The number of guanidine groups is 1. The van der Waals surface area contributed by atoms with E-state index >= 15 is 0 Å². The number of aryl methyl sites for hydroxylation is 2. The summed E-state index contributed by atoms with van der Waals surface area (Å²) < 4.78 is 1.86. The second-order valence-corrected chi connectivity index (χ2v) is 4.22. The molecule has 0 aromatic carbocycles. The Morgan fingerprint density at radius 2 is 2.44 bits per heavy atom. The van der Waals surface area contributed by atoms with E-state index in [1.807, 2.05) is 11.7 Å². The highest BCUT2D eigenvalue weighted by Crippen LogP contribution is 2.06. The summed E-state index contributed by atoms with van der Waals surface area (Å²) in [4.78, 5) is 4.36. The van der Waals surface area contributed by atoms with Crippen LogP contribution in [-0.2, 0) is 20.0 Å². The van der Waals surface area contributed by atoms with Crippen molar-refractivity contribution in [3.63, 3.8) is 0 Å². The number of aliphatic imine (C=N–C) groups is 1. The van der Waals surface area contributed by atoms with Crippen molar-refractivity contribution < 1.29 is 0 Å². The van der Waals surface area contributed by atoms with Gasteiger partial charge in [0, 0.05) is 31.4 Å². The van der Waals surface area contributed by atoms with Gasteiger partial charge < -0.3 is 10.6 Å². The predicted molar refractivity (Wildman–Crippen MR) is 64.3 cm³/mol. The zero-order valence-corrected chi connectivity index (χ0v) is 10.1. The third-order valence-corrected chi connectivity index (χ3v) is 2.68. The van der Waals surface area contributed by atoms with Gasteiger partial charge in [-0.25, -0.2) is 0 Å². The maximum atomic E-state index is 4.41. The van der Waals surface area contributed by atoms with E-state index in [1.165, 1.54) is 5.56 Å². The molecule has 1 aromatic rings. The van der Waals surface area contributed by atoms with Gasteiger partial charge in [0.25, 0.3) is 0 Å². The number of hydrogen-bond donors (Lipinski definition) is 2.